The van der Waals surface area contributed by atoms with Gasteiger partial charge in [0.05, 0.1) is 59.7 Å². The van der Waals surface area contributed by atoms with Crippen LogP contribution < -0.4 is 23.7 Å². The van der Waals surface area contributed by atoms with E-state index in [4.69, 9.17) is 61.3 Å². The first-order valence-corrected chi connectivity index (χ1v) is 23.4. The van der Waals surface area contributed by atoms with E-state index < -0.39 is 18.2 Å². The van der Waals surface area contributed by atoms with Gasteiger partial charge in [-0.25, -0.2) is 24.7 Å². The Hall–Kier alpha value is -5.33. The molecule has 18 heteroatoms. The number of carboxylic acid groups (broad SMARTS) is 1. The number of para-hydroxylation sites is 1. The van der Waals surface area contributed by atoms with Crippen LogP contribution in [-0.4, -0.2) is 132 Å². The molecule has 4 aliphatic rings. The van der Waals surface area contributed by atoms with E-state index in [-0.39, 0.29) is 31.6 Å². The molecule has 3 atom stereocenters. The summed E-state index contributed by atoms with van der Waals surface area (Å²) < 4.78 is 43.9. The molecule has 15 nitrogen and oxygen atoms in total. The van der Waals surface area contributed by atoms with Crippen molar-refractivity contribution in [2.24, 2.45) is 0 Å². The molecule has 4 bridgehead atoms. The van der Waals surface area contributed by atoms with E-state index in [9.17, 15) is 9.90 Å². The number of halogens is 2. The summed E-state index contributed by atoms with van der Waals surface area (Å²) in [6.07, 6.45) is 1.24. The maximum atomic E-state index is 13.3. The molecular formula is C48H50Cl2N6O9S. The lowest BCUT2D eigenvalue weighted by Crippen LogP contribution is -2.49. The largest absolute Gasteiger partial charge is 0.496 e. The fourth-order valence-electron chi connectivity index (χ4n) is 8.57. The molecule has 10 rings (SSSR count). The molecule has 66 heavy (non-hydrogen) atoms. The van der Waals surface area contributed by atoms with Gasteiger partial charge in [-0.15, -0.1) is 11.3 Å². The van der Waals surface area contributed by atoms with E-state index in [0.29, 0.717) is 93.1 Å². The van der Waals surface area contributed by atoms with Gasteiger partial charge in [-0.1, -0.05) is 35.3 Å². The first-order chi connectivity index (χ1) is 32.0. The van der Waals surface area contributed by atoms with E-state index in [1.165, 1.54) is 17.7 Å². The van der Waals surface area contributed by atoms with E-state index in [0.717, 1.165) is 58.9 Å². The molecule has 7 heterocycles. The number of thiophene rings is 1. The first-order valence-electron chi connectivity index (χ1n) is 21.8. The highest BCUT2D eigenvalue weighted by Crippen LogP contribution is 2.51. The van der Waals surface area contributed by atoms with E-state index in [1.807, 2.05) is 38.1 Å². The first kappa shape index (κ1) is 45.8. The number of carbonyl (C=O) groups is 1. The smallest absolute Gasteiger partial charge is 0.345 e. The molecule has 0 aliphatic carbocycles. The van der Waals surface area contributed by atoms with Crippen LogP contribution in [-0.2, 0) is 33.7 Å². The number of fused-ring (bicyclic) bond motifs is 7. The molecule has 346 valence electrons. The summed E-state index contributed by atoms with van der Waals surface area (Å²) in [5.74, 6) is 1.25. The lowest BCUT2D eigenvalue weighted by Gasteiger charge is -2.35. The van der Waals surface area contributed by atoms with Crippen molar-refractivity contribution in [3.05, 3.63) is 98.4 Å². The van der Waals surface area contributed by atoms with Crippen molar-refractivity contribution in [1.29, 1.82) is 0 Å². The molecule has 0 spiro atoms. The van der Waals surface area contributed by atoms with Gasteiger partial charge in [0.1, 0.15) is 47.7 Å². The van der Waals surface area contributed by atoms with E-state index >= 15 is 0 Å². The second-order valence-electron chi connectivity index (χ2n) is 16.5. The topological polar surface area (TPSA) is 160 Å². The third kappa shape index (κ3) is 9.86. The minimum Gasteiger partial charge on any atom is -0.496 e. The molecule has 1 N–H and O–H groups in total. The van der Waals surface area contributed by atoms with Gasteiger partial charge in [0.15, 0.2) is 11.6 Å². The molecule has 3 aromatic heterocycles. The van der Waals surface area contributed by atoms with Crippen molar-refractivity contribution in [3.8, 4) is 51.4 Å². The van der Waals surface area contributed by atoms with Crippen molar-refractivity contribution >= 4 is 50.7 Å². The van der Waals surface area contributed by atoms with Crippen LogP contribution in [0.2, 0.25) is 10.0 Å². The molecule has 0 unspecified atom stereocenters. The van der Waals surface area contributed by atoms with Gasteiger partial charge < -0.3 is 43.2 Å². The van der Waals surface area contributed by atoms with Crippen LogP contribution in [0.4, 0.5) is 0 Å². The second kappa shape index (κ2) is 20.3. The van der Waals surface area contributed by atoms with Crippen LogP contribution >= 0.6 is 34.5 Å². The molecule has 0 radical (unpaired) electrons. The summed E-state index contributed by atoms with van der Waals surface area (Å²) in [5.41, 5.74) is 4.78. The third-order valence-electron chi connectivity index (χ3n) is 12.1. The average Bonchev–Trinajstić information content (AvgIpc) is 3.69. The number of hydrogen-bond acceptors (Lipinski definition) is 15. The Morgan fingerprint density at radius 2 is 1.73 bits per heavy atom. The lowest BCUT2D eigenvalue weighted by molar-refractivity contribution is -0.145. The van der Waals surface area contributed by atoms with E-state index in [1.54, 1.807) is 37.6 Å². The zero-order valence-corrected chi connectivity index (χ0v) is 39.4. The number of aromatic nitrogens is 4. The number of rotatable bonds is 10. The predicted molar refractivity (Wildman–Crippen MR) is 251 cm³/mol. The minimum absolute atomic E-state index is 0.0537. The summed E-state index contributed by atoms with van der Waals surface area (Å²) in [5, 5.41) is 12.1. The van der Waals surface area contributed by atoms with Gasteiger partial charge in [-0.2, -0.15) is 0 Å². The van der Waals surface area contributed by atoms with Gasteiger partial charge in [-0.05, 0) is 74.0 Å². The maximum absolute atomic E-state index is 13.3. The lowest BCUT2D eigenvalue weighted by atomic mass is 9.92. The molecule has 3 aromatic carbocycles. The number of piperazine rings is 1. The number of carboxylic acids is 1. The predicted octanol–water partition coefficient (Wildman–Crippen LogP) is 7.75. The maximum Gasteiger partial charge on any atom is 0.345 e. The van der Waals surface area contributed by atoms with Gasteiger partial charge in [-0.3, -0.25) is 4.90 Å². The Morgan fingerprint density at radius 1 is 0.924 bits per heavy atom. The fraction of sp³-hybridized carbons (Fsp3) is 0.396. The van der Waals surface area contributed by atoms with Crippen LogP contribution in [0.15, 0.2) is 61.1 Å². The van der Waals surface area contributed by atoms with Crippen molar-refractivity contribution in [2.75, 3.05) is 73.3 Å². The van der Waals surface area contributed by atoms with Crippen LogP contribution in [0.5, 0.6) is 28.9 Å². The molecular weight excluding hydrogens is 908 g/mol. The van der Waals surface area contributed by atoms with Crippen LogP contribution in [0, 0.1) is 13.8 Å². The highest BCUT2D eigenvalue weighted by Gasteiger charge is 2.33. The van der Waals surface area contributed by atoms with Gasteiger partial charge >= 0.3 is 5.97 Å². The Labute approximate surface area is 396 Å². The van der Waals surface area contributed by atoms with Crippen molar-refractivity contribution in [1.82, 2.24) is 29.7 Å². The quantitative estimate of drug-likeness (QED) is 0.142. The van der Waals surface area contributed by atoms with E-state index in [2.05, 4.69) is 31.8 Å². The normalized spacial score (nSPS) is 19.4. The minimum atomic E-state index is -1.43. The number of likely N-dealkylation sites (N-methyl/N-ethyl adjacent to an activating group) is 1. The summed E-state index contributed by atoms with van der Waals surface area (Å²) in [7, 11) is 3.71. The van der Waals surface area contributed by atoms with Gasteiger partial charge in [0, 0.05) is 67.8 Å². The number of hydrogen-bond donors (Lipinski definition) is 1. The highest BCUT2D eigenvalue weighted by molar-refractivity contribution is 7.19. The SMILES string of the molecule is COc1ccccc1-c1nccc(COc2ccc3cc2C[C@H](C(=O)O)Oc2ncnc4sc(C[C@@H]5COCCO5)c(c24)-c2c(C)c(Cl)c(c(Cl)c2C)O[C@H](CN2CCN(C)CC2)CO3)n1. The zero-order chi connectivity index (χ0) is 45.9. The summed E-state index contributed by atoms with van der Waals surface area (Å²) >= 11 is 16.2. The van der Waals surface area contributed by atoms with Crippen molar-refractivity contribution < 1.29 is 43.1 Å². The zero-order valence-electron chi connectivity index (χ0n) is 37.1. The molecule has 6 aromatic rings. The Bertz CT molecular complexity index is 2700. The van der Waals surface area contributed by atoms with Gasteiger partial charge in [0.25, 0.3) is 0 Å². The Balaban J connectivity index is 1.14. The van der Waals surface area contributed by atoms with Crippen LogP contribution in [0.3, 0.4) is 0 Å². The molecule has 0 amide bonds. The Morgan fingerprint density at radius 3 is 2.48 bits per heavy atom. The molecule has 2 saturated heterocycles. The standard InChI is InChI=1S/C48H50Cl2N6O9S/c1-27-39-28(2)43(50)44(42(27)49)64-33(22-56-15-13-55(3)14-16-56)25-62-31-9-10-35(63-23-30-11-12-51-45(54-30)34-7-5-6-8-36(34)59-4)29(19-31)20-37(48(57)58)65-46-41-40(39)38(66-47(41)53-26-52-46)21-32-24-60-17-18-61-32/h5-12,19,26,32-33,37H,13-18,20-25H2,1-4H3,(H,57,58)/t32-,33-,37-/m1/s1. The molecule has 4 aliphatic heterocycles. The van der Waals surface area contributed by atoms with Crippen molar-refractivity contribution in [3.63, 3.8) is 0 Å². The third-order valence-corrected chi connectivity index (χ3v) is 14.1. The number of benzene rings is 3. The van der Waals surface area contributed by atoms with Crippen LogP contribution in [0.25, 0.3) is 32.7 Å². The summed E-state index contributed by atoms with van der Waals surface area (Å²) in [6, 6.07) is 14.6. The fourth-order valence-corrected chi connectivity index (χ4v) is 10.3. The number of aliphatic carboxylic acids is 1. The number of ether oxygens (including phenoxy) is 7. The summed E-state index contributed by atoms with van der Waals surface area (Å²) in [6.45, 7) is 9.51. The monoisotopic (exact) mass is 956 g/mol. The highest BCUT2D eigenvalue weighted by atomic mass is 35.5. The van der Waals surface area contributed by atoms with Crippen molar-refractivity contribution in [2.45, 2.75) is 51.6 Å². The number of methoxy groups -OCH3 is 1. The van der Waals surface area contributed by atoms with Crippen LogP contribution in [0.1, 0.15) is 27.3 Å². The summed E-state index contributed by atoms with van der Waals surface area (Å²) in [4.78, 5) is 38.0. The second-order valence-corrected chi connectivity index (χ2v) is 18.4. The molecule has 2 fully saturated rings. The average molecular weight is 958 g/mol. The Kier molecular flexibility index (Phi) is 14.1. The van der Waals surface area contributed by atoms with Gasteiger partial charge in [0.2, 0.25) is 12.0 Å². The molecule has 0 saturated carbocycles. The number of nitrogens with zero attached hydrogens (tertiary/aromatic N) is 6.